The maximum absolute atomic E-state index is 6.67. The Bertz CT molecular complexity index is 3290. The maximum atomic E-state index is 6.67. The Morgan fingerprint density at radius 2 is 1.54 bits per heavy atom. The fraction of sp³-hybridized carbons (Fsp3) is 0.355. The predicted octanol–water partition coefficient (Wildman–Crippen LogP) is 15.9. The molecule has 5 heterocycles. The average molecular weight is 1170 g/mol. The van der Waals surface area contributed by atoms with Crippen LogP contribution in [0.5, 0.6) is 0 Å². The first-order chi connectivity index (χ1) is 32.9. The van der Waals surface area contributed by atoms with E-state index in [-0.39, 0.29) is 25.5 Å². The molecule has 0 saturated heterocycles. The number of furan rings is 1. The largest absolute Gasteiger partial charge is 0 e. The fourth-order valence-corrected chi connectivity index (χ4v) is 13.6. The van der Waals surface area contributed by atoms with Gasteiger partial charge in [-0.1, -0.05) is 114 Å². The molecule has 1 aliphatic rings. The van der Waals surface area contributed by atoms with Gasteiger partial charge in [-0.15, -0.1) is 18.2 Å². The Kier molecular flexibility index (Phi) is 15.2. The molecular formula is C62H69GeIrN5O-2. The van der Waals surface area contributed by atoms with Crippen molar-refractivity contribution in [3.8, 4) is 39.5 Å². The first-order valence-electron chi connectivity index (χ1n) is 25.2. The third-order valence-electron chi connectivity index (χ3n) is 13.9. The topological polar surface area (TPSA) is 69.6 Å². The minimum absolute atomic E-state index is 0. The summed E-state index contributed by atoms with van der Waals surface area (Å²) in [5.41, 5.74) is 17.0. The zero-order chi connectivity index (χ0) is 48.8. The molecule has 5 aromatic heterocycles. The summed E-state index contributed by atoms with van der Waals surface area (Å²) in [5.74, 6) is 9.91. The van der Waals surface area contributed by atoms with Gasteiger partial charge in [-0.25, -0.2) is 4.98 Å². The number of rotatable bonds is 10. The van der Waals surface area contributed by atoms with E-state index in [1.54, 1.807) is 0 Å². The van der Waals surface area contributed by atoms with Gasteiger partial charge in [0.15, 0.2) is 0 Å². The molecule has 0 atom stereocenters. The minimum Gasteiger partial charge on any atom is 0 e. The predicted molar refractivity (Wildman–Crippen MR) is 292 cm³/mol. The number of fused-ring (bicyclic) bond motifs is 4. The molecule has 1 saturated carbocycles. The summed E-state index contributed by atoms with van der Waals surface area (Å²) in [4.78, 5) is 19.7. The second kappa shape index (κ2) is 20.9. The Labute approximate surface area is 432 Å². The van der Waals surface area contributed by atoms with Gasteiger partial charge in [0, 0.05) is 36.9 Å². The molecule has 8 heteroatoms. The van der Waals surface area contributed by atoms with Crippen molar-refractivity contribution in [2.45, 2.75) is 129 Å². The van der Waals surface area contributed by atoms with Gasteiger partial charge in [-0.3, -0.25) is 4.98 Å². The molecule has 1 fully saturated rings. The molecular weight excluding hydrogens is 1100 g/mol. The molecule has 0 N–H and O–H groups in total. The normalized spacial score (nSPS) is 13.4. The third kappa shape index (κ3) is 10.8. The van der Waals surface area contributed by atoms with Crippen LogP contribution in [0.1, 0.15) is 114 Å². The zero-order valence-corrected chi connectivity index (χ0v) is 47.8. The van der Waals surface area contributed by atoms with Gasteiger partial charge >= 0.3 is 138 Å². The van der Waals surface area contributed by atoms with E-state index in [1.807, 2.05) is 26.0 Å². The quantitative estimate of drug-likeness (QED) is 0.101. The molecule has 0 aliphatic heterocycles. The van der Waals surface area contributed by atoms with Gasteiger partial charge in [0.2, 0.25) is 5.71 Å². The van der Waals surface area contributed by atoms with Crippen molar-refractivity contribution in [2.75, 3.05) is 0 Å². The third-order valence-corrected chi connectivity index (χ3v) is 18.2. The van der Waals surface area contributed by atoms with Gasteiger partial charge in [-0.2, -0.15) is 0 Å². The van der Waals surface area contributed by atoms with Crippen LogP contribution < -0.4 is 4.40 Å². The standard InChI is InChI=1S/C43H42N3O.C19H27GeN2.Ir/c1-27(2)30-18-22-37-39(26-30)46(38-23-19-31(25-36(38)43(3,4)5)29-14-7-6-8-15-29)41(45-37)35-17-11-16-33-34-21-20-32(24-28-12-9-10-13-28)44-42(34)47-40(33)35;1-13(2)10-16-11-19(21-12-18(16)20(5,6)7)17-9-8-14(3)22-15(17)4;/h6-8,11,14-16,18-23,25-28H,9-10,12-13,24H2,1-5H3;8,11-13H,10H2,1-7H3;/q2*-1;. The van der Waals surface area contributed by atoms with Crippen molar-refractivity contribution < 1.29 is 24.5 Å². The summed E-state index contributed by atoms with van der Waals surface area (Å²) < 4.78 is 10.5. The van der Waals surface area contributed by atoms with Crippen LogP contribution in [0.2, 0.25) is 17.3 Å². The van der Waals surface area contributed by atoms with E-state index >= 15 is 0 Å². The number of benzene rings is 4. The summed E-state index contributed by atoms with van der Waals surface area (Å²) in [6.45, 7) is 20.0. The molecule has 6 nitrogen and oxygen atoms in total. The van der Waals surface area contributed by atoms with Crippen molar-refractivity contribution in [1.29, 1.82) is 0 Å². The summed E-state index contributed by atoms with van der Waals surface area (Å²) in [7, 11) is 0. The van der Waals surface area contributed by atoms with Crippen molar-refractivity contribution in [3.05, 3.63) is 155 Å². The van der Waals surface area contributed by atoms with Crippen LogP contribution in [0.3, 0.4) is 0 Å². The van der Waals surface area contributed by atoms with E-state index < -0.39 is 13.3 Å². The molecule has 9 aromatic rings. The van der Waals surface area contributed by atoms with Crippen LogP contribution in [-0.2, 0) is 38.4 Å². The molecule has 0 spiro atoms. The van der Waals surface area contributed by atoms with Crippen molar-refractivity contribution in [2.24, 2.45) is 11.8 Å². The first kappa shape index (κ1) is 51.2. The Morgan fingerprint density at radius 3 is 2.23 bits per heavy atom. The van der Waals surface area contributed by atoms with Crippen molar-refractivity contribution >= 4 is 50.8 Å². The second-order valence-corrected chi connectivity index (χ2v) is 32.9. The van der Waals surface area contributed by atoms with Gasteiger partial charge in [0.25, 0.3) is 0 Å². The Balaban J connectivity index is 0.000000242. The van der Waals surface area contributed by atoms with E-state index in [0.717, 1.165) is 91.6 Å². The van der Waals surface area contributed by atoms with Crippen LogP contribution in [0, 0.1) is 37.8 Å². The SMILES string of the molecule is CC(C)c1ccc2nc(-c3[c-]ccc4c3oc3nc(CC5CCCC5)ccc34)n(-c3ccc(-c4ccccc4)cc3C(C)(C)C)c2c1.Cc1c[c-]c(-c2cc(CC(C)C)[c]([Ge]([CH3])([CH3])[CH3])cn2)c(C)n1.[Ir]. The molecule has 363 valence electrons. The van der Waals surface area contributed by atoms with Crippen molar-refractivity contribution in [1.82, 2.24) is 24.5 Å². The minimum atomic E-state index is -1.90. The van der Waals surface area contributed by atoms with Crippen LogP contribution >= 0.6 is 0 Å². The molecule has 4 aromatic carbocycles. The van der Waals surface area contributed by atoms with Gasteiger partial charge in [0.05, 0.1) is 22.4 Å². The number of nitrogens with zero attached hydrogens (tertiary/aromatic N) is 5. The van der Waals surface area contributed by atoms with E-state index in [0.29, 0.717) is 17.5 Å². The molecule has 70 heavy (non-hydrogen) atoms. The zero-order valence-electron chi connectivity index (χ0n) is 43.3. The van der Waals surface area contributed by atoms with E-state index in [4.69, 9.17) is 19.4 Å². The number of hydrogen-bond acceptors (Lipinski definition) is 5. The van der Waals surface area contributed by atoms with Gasteiger partial charge in [-0.05, 0) is 82.3 Å². The number of hydrogen-bond donors (Lipinski definition) is 0. The summed E-state index contributed by atoms with van der Waals surface area (Å²) in [6.07, 6.45) is 9.54. The molecule has 1 radical (unpaired) electrons. The van der Waals surface area contributed by atoms with Crippen LogP contribution in [0.15, 0.2) is 114 Å². The second-order valence-electron chi connectivity index (χ2n) is 22.3. The molecule has 0 amide bonds. The fourth-order valence-electron chi connectivity index (χ4n) is 10.3. The van der Waals surface area contributed by atoms with Gasteiger partial charge in [0.1, 0.15) is 0 Å². The molecule has 10 rings (SSSR count). The van der Waals surface area contributed by atoms with Crippen LogP contribution in [0.25, 0.3) is 72.6 Å². The summed E-state index contributed by atoms with van der Waals surface area (Å²) in [6, 6.07) is 43.8. The Hall–Kier alpha value is -5.21. The first-order valence-corrected chi connectivity index (χ1v) is 32.6. The van der Waals surface area contributed by atoms with Crippen LogP contribution in [0.4, 0.5) is 0 Å². The van der Waals surface area contributed by atoms with Gasteiger partial charge < -0.3 is 8.98 Å². The summed E-state index contributed by atoms with van der Waals surface area (Å²) in [5, 5.41) is 2.09. The Morgan fingerprint density at radius 1 is 0.786 bits per heavy atom. The number of pyridine rings is 3. The average Bonchev–Trinajstić information content (AvgIpc) is 4.06. The smallest absolute Gasteiger partial charge is 0 e. The number of aromatic nitrogens is 5. The summed E-state index contributed by atoms with van der Waals surface area (Å²) >= 11 is -1.90. The number of imidazole rings is 1. The van der Waals surface area contributed by atoms with Crippen molar-refractivity contribution in [3.63, 3.8) is 0 Å². The maximum Gasteiger partial charge on any atom is 0 e. The van der Waals surface area contributed by atoms with E-state index in [9.17, 15) is 0 Å². The van der Waals surface area contributed by atoms with E-state index in [1.165, 1.54) is 57.9 Å². The monoisotopic (exact) mass is 1170 g/mol. The van der Waals surface area contributed by atoms with E-state index in [2.05, 4.69) is 185 Å². The van der Waals surface area contributed by atoms with Crippen LogP contribution in [-0.4, -0.2) is 37.8 Å². The number of aryl methyl sites for hydroxylation is 2. The molecule has 1 aliphatic carbocycles. The molecule has 0 unspecified atom stereocenters. The molecule has 0 bridgehead atoms.